The summed E-state index contributed by atoms with van der Waals surface area (Å²) in [5, 5.41) is 0. The molecule has 6 nitrogen and oxygen atoms in total. The lowest BCUT2D eigenvalue weighted by Crippen LogP contribution is -2.56. The molecule has 2 aliphatic heterocycles. The van der Waals surface area contributed by atoms with Crippen LogP contribution >= 0.6 is 0 Å². The summed E-state index contributed by atoms with van der Waals surface area (Å²) in [7, 11) is 0. The van der Waals surface area contributed by atoms with E-state index in [1.165, 1.54) is 5.56 Å². The Bertz CT molecular complexity index is 812. The molecule has 2 fully saturated rings. The van der Waals surface area contributed by atoms with Crippen LogP contribution in [0.2, 0.25) is 0 Å². The molecule has 1 aromatic heterocycles. The zero-order valence-corrected chi connectivity index (χ0v) is 16.7. The number of piperidine rings is 2. The lowest BCUT2D eigenvalue weighted by molar-refractivity contribution is -0.141. The first kappa shape index (κ1) is 19.3. The van der Waals surface area contributed by atoms with Gasteiger partial charge >= 0.3 is 0 Å². The fourth-order valence-corrected chi connectivity index (χ4v) is 4.71. The van der Waals surface area contributed by atoms with E-state index in [0.717, 1.165) is 69.7 Å². The SMILES string of the molecule is CCOCCCN1C(=O)CC[C@@H]2CN(Cc3ccc4nccnc4c3)CC[C@@H]21. The second-order valence-electron chi connectivity index (χ2n) is 7.91. The lowest BCUT2D eigenvalue weighted by Gasteiger charge is -2.47. The van der Waals surface area contributed by atoms with Gasteiger partial charge in [-0.25, -0.2) is 0 Å². The highest BCUT2D eigenvalue weighted by Crippen LogP contribution is 2.32. The van der Waals surface area contributed by atoms with Gasteiger partial charge < -0.3 is 9.64 Å². The van der Waals surface area contributed by atoms with Gasteiger partial charge in [-0.1, -0.05) is 6.07 Å². The lowest BCUT2D eigenvalue weighted by atomic mass is 9.83. The number of benzene rings is 1. The number of carbonyl (C=O) groups excluding carboxylic acids is 1. The van der Waals surface area contributed by atoms with Gasteiger partial charge in [0.05, 0.1) is 11.0 Å². The minimum Gasteiger partial charge on any atom is -0.382 e. The molecule has 28 heavy (non-hydrogen) atoms. The molecule has 0 radical (unpaired) electrons. The van der Waals surface area contributed by atoms with E-state index in [0.29, 0.717) is 24.3 Å². The van der Waals surface area contributed by atoms with E-state index in [2.05, 4.69) is 38.0 Å². The minimum absolute atomic E-state index is 0.333. The van der Waals surface area contributed by atoms with Crippen molar-refractivity contribution in [3.8, 4) is 0 Å². The number of nitrogens with zero attached hydrogens (tertiary/aromatic N) is 4. The maximum absolute atomic E-state index is 12.5. The molecule has 0 spiro atoms. The average Bonchev–Trinajstić information content (AvgIpc) is 2.72. The fraction of sp³-hybridized carbons (Fsp3) is 0.591. The molecule has 2 atom stereocenters. The quantitative estimate of drug-likeness (QED) is 0.689. The first-order chi connectivity index (χ1) is 13.7. The van der Waals surface area contributed by atoms with Crippen molar-refractivity contribution in [3.05, 3.63) is 36.2 Å². The number of fused-ring (bicyclic) bond motifs is 2. The number of aromatic nitrogens is 2. The summed E-state index contributed by atoms with van der Waals surface area (Å²) in [5.74, 6) is 0.915. The number of hydrogen-bond acceptors (Lipinski definition) is 5. The number of ether oxygens (including phenoxy) is 1. The van der Waals surface area contributed by atoms with Crippen LogP contribution in [0.3, 0.4) is 0 Å². The minimum atomic E-state index is 0.333. The summed E-state index contributed by atoms with van der Waals surface area (Å²) < 4.78 is 5.45. The molecule has 2 aliphatic rings. The number of amides is 1. The Morgan fingerprint density at radius 1 is 1.18 bits per heavy atom. The Kier molecular flexibility index (Phi) is 6.17. The van der Waals surface area contributed by atoms with Crippen LogP contribution < -0.4 is 0 Å². The van der Waals surface area contributed by atoms with Crippen molar-refractivity contribution in [3.63, 3.8) is 0 Å². The third-order valence-electron chi connectivity index (χ3n) is 6.06. The van der Waals surface area contributed by atoms with Gasteiger partial charge in [-0.05, 0) is 49.8 Å². The highest BCUT2D eigenvalue weighted by molar-refractivity contribution is 5.77. The van der Waals surface area contributed by atoms with E-state index in [9.17, 15) is 4.79 Å². The molecule has 0 unspecified atom stereocenters. The molecule has 2 saturated heterocycles. The van der Waals surface area contributed by atoms with Gasteiger partial charge in [0.1, 0.15) is 0 Å². The van der Waals surface area contributed by atoms with Crippen molar-refractivity contribution in [2.75, 3.05) is 32.8 Å². The molecule has 150 valence electrons. The zero-order chi connectivity index (χ0) is 19.3. The van der Waals surface area contributed by atoms with Gasteiger partial charge in [0.2, 0.25) is 5.91 Å². The highest BCUT2D eigenvalue weighted by atomic mass is 16.5. The molecule has 0 aliphatic carbocycles. The summed E-state index contributed by atoms with van der Waals surface area (Å²) >= 11 is 0. The monoisotopic (exact) mass is 382 g/mol. The van der Waals surface area contributed by atoms with E-state index < -0.39 is 0 Å². The zero-order valence-electron chi connectivity index (χ0n) is 16.7. The van der Waals surface area contributed by atoms with Crippen molar-refractivity contribution < 1.29 is 9.53 Å². The Hall–Kier alpha value is -2.05. The van der Waals surface area contributed by atoms with Crippen LogP contribution in [0.4, 0.5) is 0 Å². The van der Waals surface area contributed by atoms with Crippen LogP contribution in [0, 0.1) is 5.92 Å². The Labute approximate surface area is 166 Å². The number of likely N-dealkylation sites (tertiary alicyclic amines) is 2. The van der Waals surface area contributed by atoms with Crippen LogP contribution in [-0.4, -0.2) is 64.6 Å². The molecular weight excluding hydrogens is 352 g/mol. The third kappa shape index (κ3) is 4.33. The Balaban J connectivity index is 1.36. The van der Waals surface area contributed by atoms with Crippen LogP contribution in [0.15, 0.2) is 30.6 Å². The van der Waals surface area contributed by atoms with Crippen LogP contribution in [0.1, 0.15) is 38.2 Å². The van der Waals surface area contributed by atoms with Crippen molar-refractivity contribution in [1.29, 1.82) is 0 Å². The predicted molar refractivity (Wildman–Crippen MR) is 109 cm³/mol. The van der Waals surface area contributed by atoms with Gasteiger partial charge in [-0.2, -0.15) is 0 Å². The Morgan fingerprint density at radius 2 is 2.04 bits per heavy atom. The van der Waals surface area contributed by atoms with E-state index in [1.54, 1.807) is 12.4 Å². The molecule has 1 amide bonds. The Morgan fingerprint density at radius 3 is 2.89 bits per heavy atom. The third-order valence-corrected chi connectivity index (χ3v) is 6.06. The normalized spacial score (nSPS) is 23.2. The maximum atomic E-state index is 12.5. The summed E-state index contributed by atoms with van der Waals surface area (Å²) in [6, 6.07) is 6.78. The van der Waals surface area contributed by atoms with Gasteiger partial charge in [-0.15, -0.1) is 0 Å². The topological polar surface area (TPSA) is 58.6 Å². The highest BCUT2D eigenvalue weighted by Gasteiger charge is 2.38. The van der Waals surface area contributed by atoms with Crippen LogP contribution in [0.25, 0.3) is 11.0 Å². The van der Waals surface area contributed by atoms with Gasteiger partial charge in [-0.3, -0.25) is 19.7 Å². The van der Waals surface area contributed by atoms with Gasteiger partial charge in [0.15, 0.2) is 0 Å². The first-order valence-corrected chi connectivity index (χ1v) is 10.5. The van der Waals surface area contributed by atoms with Crippen molar-refractivity contribution in [1.82, 2.24) is 19.8 Å². The van der Waals surface area contributed by atoms with Gasteiger partial charge in [0, 0.05) is 64.2 Å². The number of rotatable bonds is 7. The molecule has 1 aromatic carbocycles. The summed E-state index contributed by atoms with van der Waals surface area (Å²) in [4.78, 5) is 25.9. The van der Waals surface area contributed by atoms with Crippen molar-refractivity contribution >= 4 is 16.9 Å². The predicted octanol–water partition coefficient (Wildman–Crippen LogP) is 2.87. The standard InChI is InChI=1S/C22H30N4O2/c1-2-28-13-3-11-26-21-8-12-25(16-18(21)5-7-22(26)27)15-17-4-6-19-20(14-17)24-10-9-23-19/h4,6,9-10,14,18,21H,2-3,5,7-8,11-13,15-16H2,1H3/t18-,21+/m1/s1. The molecule has 0 bridgehead atoms. The largest absolute Gasteiger partial charge is 0.382 e. The molecule has 6 heteroatoms. The van der Waals surface area contributed by atoms with Crippen molar-refractivity contribution in [2.45, 2.75) is 45.2 Å². The molecular formula is C22H30N4O2. The van der Waals surface area contributed by atoms with Gasteiger partial charge in [0.25, 0.3) is 0 Å². The summed E-state index contributed by atoms with van der Waals surface area (Å²) in [6.07, 6.45) is 7.19. The molecule has 3 heterocycles. The van der Waals surface area contributed by atoms with E-state index >= 15 is 0 Å². The van der Waals surface area contributed by atoms with Crippen molar-refractivity contribution in [2.24, 2.45) is 5.92 Å². The second kappa shape index (κ2) is 8.97. The van der Waals surface area contributed by atoms with E-state index in [1.807, 2.05) is 6.92 Å². The van der Waals surface area contributed by atoms with Crippen LogP contribution in [0.5, 0.6) is 0 Å². The smallest absolute Gasteiger partial charge is 0.222 e. The maximum Gasteiger partial charge on any atom is 0.222 e. The number of carbonyl (C=O) groups is 1. The second-order valence-corrected chi connectivity index (χ2v) is 7.91. The molecule has 2 aromatic rings. The van der Waals surface area contributed by atoms with E-state index in [-0.39, 0.29) is 0 Å². The average molecular weight is 383 g/mol. The summed E-state index contributed by atoms with van der Waals surface area (Å²) in [5.41, 5.74) is 3.18. The van der Waals surface area contributed by atoms with E-state index in [4.69, 9.17) is 4.74 Å². The number of hydrogen-bond donors (Lipinski definition) is 0. The molecule has 0 saturated carbocycles. The molecule has 4 rings (SSSR count). The first-order valence-electron chi connectivity index (χ1n) is 10.5. The molecule has 0 N–H and O–H groups in total. The summed E-state index contributed by atoms with van der Waals surface area (Å²) in [6.45, 7) is 7.38. The van der Waals surface area contributed by atoms with Crippen LogP contribution in [-0.2, 0) is 16.1 Å². The fourth-order valence-electron chi connectivity index (χ4n) is 4.71.